The number of aryl methyl sites for hydroxylation is 2. The minimum Gasteiger partial charge on any atom is -0.353 e. The van der Waals surface area contributed by atoms with Gasteiger partial charge in [-0.15, -0.1) is 0 Å². The van der Waals surface area contributed by atoms with Crippen LogP contribution in [0, 0.1) is 13.8 Å². The average molecular weight is 337 g/mol. The van der Waals surface area contributed by atoms with Crippen molar-refractivity contribution in [2.75, 3.05) is 31.1 Å². The van der Waals surface area contributed by atoms with Crippen LogP contribution in [0.5, 0.6) is 0 Å². The molecule has 0 bridgehead atoms. The number of rotatable bonds is 1. The summed E-state index contributed by atoms with van der Waals surface area (Å²) >= 11 is 0. The van der Waals surface area contributed by atoms with E-state index in [1.165, 1.54) is 0 Å². The Kier molecular flexibility index (Phi) is 4.11. The predicted octanol–water partition coefficient (Wildman–Crippen LogP) is 3.06. The highest BCUT2D eigenvalue weighted by Crippen LogP contribution is 2.26. The number of nitrogens with zero attached hydrogens (tertiary/aromatic N) is 3. The second kappa shape index (κ2) is 5.96. The van der Waals surface area contributed by atoms with Crippen molar-refractivity contribution in [1.82, 2.24) is 9.88 Å². The third-order valence-corrected chi connectivity index (χ3v) is 4.37. The van der Waals surface area contributed by atoms with Gasteiger partial charge in [-0.05, 0) is 31.0 Å². The molecule has 1 aliphatic heterocycles. The first-order valence-electron chi connectivity index (χ1n) is 7.75. The first-order valence-corrected chi connectivity index (χ1v) is 7.75. The van der Waals surface area contributed by atoms with Crippen molar-refractivity contribution in [3.05, 3.63) is 35.4 Å². The van der Waals surface area contributed by atoms with E-state index >= 15 is 0 Å². The molecule has 2 aromatic rings. The number of anilines is 1. The Morgan fingerprint density at radius 3 is 2.38 bits per heavy atom. The number of amides is 1. The molecule has 1 saturated heterocycles. The van der Waals surface area contributed by atoms with Crippen molar-refractivity contribution in [1.29, 1.82) is 0 Å². The quantitative estimate of drug-likeness (QED) is 0.802. The molecular weight excluding hydrogens is 319 g/mol. The van der Waals surface area contributed by atoms with Gasteiger partial charge in [-0.25, -0.2) is 4.98 Å². The molecule has 0 atom stereocenters. The second-order valence-corrected chi connectivity index (χ2v) is 6.05. The molecule has 3 rings (SSSR count). The molecule has 1 aromatic carbocycles. The number of carbonyl (C=O) groups excluding carboxylic acids is 1. The highest BCUT2D eigenvalue weighted by atomic mass is 19.4. The van der Waals surface area contributed by atoms with Crippen molar-refractivity contribution in [3.63, 3.8) is 0 Å². The summed E-state index contributed by atoms with van der Waals surface area (Å²) in [7, 11) is 0. The van der Waals surface area contributed by atoms with Crippen LogP contribution in [0.25, 0.3) is 10.9 Å². The van der Waals surface area contributed by atoms with Crippen LogP contribution in [0.4, 0.5) is 19.0 Å². The molecule has 0 aliphatic carbocycles. The third kappa shape index (κ3) is 3.02. The number of halogens is 3. The smallest absolute Gasteiger partial charge is 0.353 e. The first kappa shape index (κ1) is 16.5. The lowest BCUT2D eigenvalue weighted by atomic mass is 10.1. The fourth-order valence-electron chi connectivity index (χ4n) is 3.02. The summed E-state index contributed by atoms with van der Waals surface area (Å²) in [5, 5.41) is 1.07. The molecule has 128 valence electrons. The lowest BCUT2D eigenvalue weighted by Crippen LogP contribution is -2.52. The van der Waals surface area contributed by atoms with E-state index in [4.69, 9.17) is 0 Å². The normalized spacial score (nSPS) is 15.9. The monoisotopic (exact) mass is 337 g/mol. The SMILES string of the molecule is Cc1cc(N2CCN(C(=O)C(F)(F)F)CC2)nc2c(C)cccc12. The molecule has 0 radical (unpaired) electrons. The topological polar surface area (TPSA) is 36.4 Å². The highest BCUT2D eigenvalue weighted by Gasteiger charge is 2.43. The molecule has 7 heteroatoms. The minimum atomic E-state index is -4.81. The van der Waals surface area contributed by atoms with E-state index < -0.39 is 12.1 Å². The molecule has 1 amide bonds. The van der Waals surface area contributed by atoms with E-state index in [0.717, 1.165) is 32.7 Å². The van der Waals surface area contributed by atoms with Crippen LogP contribution in [0.1, 0.15) is 11.1 Å². The Morgan fingerprint density at radius 1 is 1.08 bits per heavy atom. The Balaban J connectivity index is 1.81. The number of para-hydroxylation sites is 1. The van der Waals surface area contributed by atoms with Crippen LogP contribution in [-0.4, -0.2) is 48.1 Å². The number of hydrogen-bond acceptors (Lipinski definition) is 3. The second-order valence-electron chi connectivity index (χ2n) is 6.05. The molecule has 0 unspecified atom stereocenters. The van der Waals surface area contributed by atoms with E-state index in [2.05, 4.69) is 4.98 Å². The number of alkyl halides is 3. The minimum absolute atomic E-state index is 0.0465. The summed E-state index contributed by atoms with van der Waals surface area (Å²) in [5.41, 5.74) is 3.04. The zero-order chi connectivity index (χ0) is 17.5. The Bertz CT molecular complexity index is 780. The maximum absolute atomic E-state index is 12.5. The van der Waals surface area contributed by atoms with Gasteiger partial charge in [0.1, 0.15) is 5.82 Å². The number of piperazine rings is 1. The van der Waals surface area contributed by atoms with Gasteiger partial charge < -0.3 is 9.80 Å². The first-order chi connectivity index (χ1) is 11.3. The Labute approximate surface area is 137 Å². The number of carbonyl (C=O) groups is 1. The molecular formula is C17H18F3N3O. The van der Waals surface area contributed by atoms with Crippen molar-refractivity contribution >= 4 is 22.6 Å². The molecule has 0 N–H and O–H groups in total. The summed E-state index contributed by atoms with van der Waals surface area (Å²) in [6, 6.07) is 7.92. The van der Waals surface area contributed by atoms with Crippen LogP contribution in [0.15, 0.2) is 24.3 Å². The van der Waals surface area contributed by atoms with Gasteiger partial charge in [-0.1, -0.05) is 18.2 Å². The summed E-state index contributed by atoms with van der Waals surface area (Å²) in [6.45, 7) is 4.75. The number of hydrogen-bond donors (Lipinski definition) is 0. The van der Waals surface area contributed by atoms with E-state index in [1.807, 2.05) is 43.0 Å². The summed E-state index contributed by atoms with van der Waals surface area (Å²) < 4.78 is 37.5. The zero-order valence-corrected chi connectivity index (χ0v) is 13.5. The van der Waals surface area contributed by atoms with Crippen LogP contribution < -0.4 is 4.90 Å². The van der Waals surface area contributed by atoms with E-state index in [1.54, 1.807) is 0 Å². The van der Waals surface area contributed by atoms with Gasteiger partial charge in [0, 0.05) is 31.6 Å². The van der Waals surface area contributed by atoms with Gasteiger partial charge in [0.25, 0.3) is 0 Å². The molecule has 2 heterocycles. The van der Waals surface area contributed by atoms with E-state index in [9.17, 15) is 18.0 Å². The predicted molar refractivity (Wildman–Crippen MR) is 86.1 cm³/mol. The molecule has 1 fully saturated rings. The van der Waals surface area contributed by atoms with Crippen LogP contribution in [0.3, 0.4) is 0 Å². The van der Waals surface area contributed by atoms with Gasteiger partial charge in [-0.2, -0.15) is 13.2 Å². The Hall–Kier alpha value is -2.31. The lowest BCUT2D eigenvalue weighted by Gasteiger charge is -2.35. The van der Waals surface area contributed by atoms with Crippen LogP contribution >= 0.6 is 0 Å². The molecule has 4 nitrogen and oxygen atoms in total. The van der Waals surface area contributed by atoms with E-state index in [-0.39, 0.29) is 13.1 Å². The van der Waals surface area contributed by atoms with Crippen molar-refractivity contribution in [3.8, 4) is 0 Å². The zero-order valence-electron chi connectivity index (χ0n) is 13.5. The third-order valence-electron chi connectivity index (χ3n) is 4.37. The van der Waals surface area contributed by atoms with Gasteiger partial charge in [0.05, 0.1) is 5.52 Å². The fourth-order valence-corrected chi connectivity index (χ4v) is 3.02. The molecule has 1 aromatic heterocycles. The van der Waals surface area contributed by atoms with Crippen molar-refractivity contribution < 1.29 is 18.0 Å². The summed E-state index contributed by atoms with van der Waals surface area (Å²) in [5.74, 6) is -1.02. The van der Waals surface area contributed by atoms with Crippen molar-refractivity contribution in [2.24, 2.45) is 0 Å². The maximum atomic E-state index is 12.5. The molecule has 0 spiro atoms. The maximum Gasteiger partial charge on any atom is 0.471 e. The van der Waals surface area contributed by atoms with Gasteiger partial charge in [0.2, 0.25) is 0 Å². The highest BCUT2D eigenvalue weighted by molar-refractivity contribution is 5.86. The van der Waals surface area contributed by atoms with Gasteiger partial charge in [-0.3, -0.25) is 4.79 Å². The number of benzene rings is 1. The standard InChI is InChI=1S/C17H18F3N3O/c1-11-4-3-5-13-12(2)10-14(21-15(11)13)22-6-8-23(9-7-22)16(24)17(18,19)20/h3-5,10H,6-9H2,1-2H3. The van der Waals surface area contributed by atoms with Gasteiger partial charge in [0.15, 0.2) is 0 Å². The molecule has 24 heavy (non-hydrogen) atoms. The van der Waals surface area contributed by atoms with Crippen LogP contribution in [0.2, 0.25) is 0 Å². The summed E-state index contributed by atoms with van der Waals surface area (Å²) in [6.07, 6.45) is -4.81. The number of aromatic nitrogens is 1. The van der Waals surface area contributed by atoms with Crippen LogP contribution in [-0.2, 0) is 4.79 Å². The van der Waals surface area contributed by atoms with E-state index in [0.29, 0.717) is 13.1 Å². The number of fused-ring (bicyclic) bond motifs is 1. The average Bonchev–Trinajstić information content (AvgIpc) is 2.54. The summed E-state index contributed by atoms with van der Waals surface area (Å²) in [4.78, 5) is 18.8. The Morgan fingerprint density at radius 2 is 1.75 bits per heavy atom. The van der Waals surface area contributed by atoms with Gasteiger partial charge >= 0.3 is 12.1 Å². The molecule has 0 saturated carbocycles. The lowest BCUT2D eigenvalue weighted by molar-refractivity contribution is -0.185. The molecule has 1 aliphatic rings. The van der Waals surface area contributed by atoms with Crippen molar-refractivity contribution in [2.45, 2.75) is 20.0 Å². The fraction of sp³-hybridized carbons (Fsp3) is 0.412. The number of pyridine rings is 1. The largest absolute Gasteiger partial charge is 0.471 e.